The summed E-state index contributed by atoms with van der Waals surface area (Å²) in [6.07, 6.45) is 36.4. The second-order valence-electron chi connectivity index (χ2n) is 9.62. The molecule has 0 fully saturated rings. The van der Waals surface area contributed by atoms with Crippen molar-refractivity contribution >= 4 is 6.41 Å². The molecule has 0 aromatic rings. The molecule has 0 saturated carbocycles. The summed E-state index contributed by atoms with van der Waals surface area (Å²) in [6, 6.07) is 0.405. The molecule has 0 aliphatic heterocycles. The highest BCUT2D eigenvalue weighted by Crippen LogP contribution is 2.15. The van der Waals surface area contributed by atoms with Gasteiger partial charge in [-0.2, -0.15) is 0 Å². The Balaban J connectivity index is 3.44. The molecule has 31 heavy (non-hydrogen) atoms. The van der Waals surface area contributed by atoms with Gasteiger partial charge in [0.2, 0.25) is 6.41 Å². The van der Waals surface area contributed by atoms with E-state index < -0.39 is 0 Å². The van der Waals surface area contributed by atoms with Crippen LogP contribution in [0.4, 0.5) is 0 Å². The molecule has 0 heterocycles. The van der Waals surface area contributed by atoms with Gasteiger partial charge in [0.15, 0.2) is 0 Å². The van der Waals surface area contributed by atoms with Crippen LogP contribution in [0.25, 0.3) is 0 Å². The van der Waals surface area contributed by atoms with Gasteiger partial charge in [0, 0.05) is 6.04 Å². The third kappa shape index (κ3) is 25.3. The van der Waals surface area contributed by atoms with Gasteiger partial charge in [-0.3, -0.25) is 4.79 Å². The van der Waals surface area contributed by atoms with Crippen LogP contribution in [0.5, 0.6) is 0 Å². The molecule has 184 valence electrons. The monoisotopic (exact) mass is 435 g/mol. The topological polar surface area (TPSA) is 29.1 Å². The Kier molecular flexibility index (Phi) is 26.5. The molecular weight excluding hydrogens is 378 g/mol. The summed E-state index contributed by atoms with van der Waals surface area (Å²) in [6.45, 7) is 4.55. The molecule has 2 nitrogen and oxygen atoms in total. The summed E-state index contributed by atoms with van der Waals surface area (Å²) in [7, 11) is 0. The summed E-state index contributed by atoms with van der Waals surface area (Å²) in [5.41, 5.74) is 0. The second kappa shape index (κ2) is 27.2. The third-order valence-corrected chi connectivity index (χ3v) is 6.52. The number of unbranched alkanes of at least 4 members (excludes halogenated alkanes) is 18. The van der Waals surface area contributed by atoms with Crippen LogP contribution in [0.3, 0.4) is 0 Å². The van der Waals surface area contributed by atoms with Crippen molar-refractivity contribution in [3.63, 3.8) is 0 Å². The number of carbonyl (C=O) groups is 1. The van der Waals surface area contributed by atoms with Crippen molar-refractivity contribution in [2.24, 2.45) is 0 Å². The number of allylic oxidation sites excluding steroid dienone is 2. The van der Waals surface area contributed by atoms with E-state index in [9.17, 15) is 4.79 Å². The van der Waals surface area contributed by atoms with E-state index >= 15 is 0 Å². The molecule has 0 saturated heterocycles. The van der Waals surface area contributed by atoms with Gasteiger partial charge in [-0.05, 0) is 38.5 Å². The zero-order chi connectivity index (χ0) is 22.7. The first-order valence-corrected chi connectivity index (χ1v) is 14.2. The zero-order valence-electron chi connectivity index (χ0n) is 21.5. The lowest BCUT2D eigenvalue weighted by Crippen LogP contribution is -2.27. The van der Waals surface area contributed by atoms with Crippen LogP contribution < -0.4 is 5.32 Å². The van der Waals surface area contributed by atoms with Crippen molar-refractivity contribution in [3.05, 3.63) is 12.2 Å². The molecule has 1 unspecified atom stereocenters. The molecule has 0 aromatic carbocycles. The standard InChI is InChI=1S/C29H57NO/c1-3-5-7-9-11-13-14-15-16-17-18-19-21-23-25-27-29(30-28-31)26-24-22-20-12-10-8-6-4-2/h15-16,28-29H,3-14,17-27H2,1-2H3,(H,30,31)/b16-15-. The third-order valence-electron chi connectivity index (χ3n) is 6.52. The van der Waals surface area contributed by atoms with Crippen molar-refractivity contribution < 1.29 is 4.79 Å². The fraction of sp³-hybridized carbons (Fsp3) is 0.897. The van der Waals surface area contributed by atoms with Crippen molar-refractivity contribution in [3.8, 4) is 0 Å². The van der Waals surface area contributed by atoms with Crippen molar-refractivity contribution in [1.29, 1.82) is 0 Å². The van der Waals surface area contributed by atoms with Gasteiger partial charge in [0.05, 0.1) is 0 Å². The van der Waals surface area contributed by atoms with Crippen LogP contribution in [0, 0.1) is 0 Å². The van der Waals surface area contributed by atoms with Gasteiger partial charge in [-0.15, -0.1) is 0 Å². The van der Waals surface area contributed by atoms with Crippen molar-refractivity contribution in [2.75, 3.05) is 0 Å². The average molecular weight is 436 g/mol. The molecule has 0 radical (unpaired) electrons. The Hall–Kier alpha value is -0.790. The van der Waals surface area contributed by atoms with E-state index in [4.69, 9.17) is 0 Å². The lowest BCUT2D eigenvalue weighted by molar-refractivity contribution is -0.110. The number of rotatable bonds is 26. The first-order valence-electron chi connectivity index (χ1n) is 14.2. The average Bonchev–Trinajstić information content (AvgIpc) is 2.78. The molecule has 0 bridgehead atoms. The fourth-order valence-electron chi connectivity index (χ4n) is 4.39. The zero-order valence-corrected chi connectivity index (χ0v) is 21.5. The van der Waals surface area contributed by atoms with Crippen LogP contribution >= 0.6 is 0 Å². The van der Waals surface area contributed by atoms with Gasteiger partial charge >= 0.3 is 0 Å². The minimum atomic E-state index is 0.405. The normalized spacial score (nSPS) is 12.5. The molecule has 1 amide bonds. The van der Waals surface area contributed by atoms with Gasteiger partial charge in [0.1, 0.15) is 0 Å². The number of nitrogens with one attached hydrogen (secondary N) is 1. The largest absolute Gasteiger partial charge is 0.356 e. The van der Waals surface area contributed by atoms with Gasteiger partial charge < -0.3 is 5.32 Å². The first kappa shape index (κ1) is 30.2. The number of carbonyl (C=O) groups excluding carboxylic acids is 1. The SMILES string of the molecule is CCCCCCCC/C=C\CCCCCCCC(CCCCCCCCCC)NC=O. The summed E-state index contributed by atoms with van der Waals surface area (Å²) in [4.78, 5) is 10.9. The summed E-state index contributed by atoms with van der Waals surface area (Å²) in [5, 5.41) is 3.06. The lowest BCUT2D eigenvalue weighted by Gasteiger charge is -2.15. The molecule has 2 heteroatoms. The maximum absolute atomic E-state index is 10.9. The van der Waals surface area contributed by atoms with E-state index in [0.717, 1.165) is 19.3 Å². The Labute approximate surface area is 196 Å². The van der Waals surface area contributed by atoms with E-state index in [2.05, 4.69) is 31.3 Å². The van der Waals surface area contributed by atoms with Gasteiger partial charge in [-0.1, -0.05) is 135 Å². The molecule has 0 aliphatic carbocycles. The highest BCUT2D eigenvalue weighted by molar-refractivity contribution is 5.46. The summed E-state index contributed by atoms with van der Waals surface area (Å²) in [5.74, 6) is 0. The second-order valence-corrected chi connectivity index (χ2v) is 9.62. The quantitative estimate of drug-likeness (QED) is 0.0817. The summed E-state index contributed by atoms with van der Waals surface area (Å²) < 4.78 is 0. The predicted molar refractivity (Wildman–Crippen MR) is 140 cm³/mol. The van der Waals surface area contributed by atoms with Gasteiger partial charge in [0.25, 0.3) is 0 Å². The molecule has 0 aromatic heterocycles. The predicted octanol–water partition coefficient (Wildman–Crippen LogP) is 9.67. The lowest BCUT2D eigenvalue weighted by atomic mass is 10.00. The van der Waals surface area contributed by atoms with E-state index in [-0.39, 0.29) is 0 Å². The molecule has 1 N–H and O–H groups in total. The van der Waals surface area contributed by atoms with E-state index in [0.29, 0.717) is 6.04 Å². The first-order chi connectivity index (χ1) is 15.3. The van der Waals surface area contributed by atoms with Crippen LogP contribution in [-0.4, -0.2) is 12.5 Å². The maximum atomic E-state index is 10.9. The maximum Gasteiger partial charge on any atom is 0.207 e. The van der Waals surface area contributed by atoms with Gasteiger partial charge in [-0.25, -0.2) is 0 Å². The molecular formula is C29H57NO. The molecule has 0 spiro atoms. The van der Waals surface area contributed by atoms with Crippen LogP contribution in [-0.2, 0) is 4.79 Å². The Morgan fingerprint density at radius 1 is 0.516 bits per heavy atom. The smallest absolute Gasteiger partial charge is 0.207 e. The van der Waals surface area contributed by atoms with Crippen molar-refractivity contribution in [1.82, 2.24) is 5.32 Å². The minimum absolute atomic E-state index is 0.405. The number of hydrogen-bond acceptors (Lipinski definition) is 1. The highest BCUT2D eigenvalue weighted by atomic mass is 16.1. The Bertz CT molecular complexity index is 366. The number of hydrogen-bond donors (Lipinski definition) is 1. The molecule has 0 aliphatic rings. The van der Waals surface area contributed by atoms with Crippen molar-refractivity contribution in [2.45, 2.75) is 168 Å². The highest BCUT2D eigenvalue weighted by Gasteiger charge is 2.06. The molecule has 1 atom stereocenters. The van der Waals surface area contributed by atoms with E-state index in [1.165, 1.54) is 135 Å². The van der Waals surface area contributed by atoms with E-state index in [1.807, 2.05) is 0 Å². The minimum Gasteiger partial charge on any atom is -0.356 e. The fourth-order valence-corrected chi connectivity index (χ4v) is 4.39. The Morgan fingerprint density at radius 2 is 0.871 bits per heavy atom. The van der Waals surface area contributed by atoms with E-state index in [1.54, 1.807) is 0 Å². The van der Waals surface area contributed by atoms with Crippen LogP contribution in [0.2, 0.25) is 0 Å². The number of amides is 1. The summed E-state index contributed by atoms with van der Waals surface area (Å²) >= 11 is 0. The molecule has 0 rings (SSSR count). The van der Waals surface area contributed by atoms with Crippen LogP contribution in [0.1, 0.15) is 162 Å². The Morgan fingerprint density at radius 3 is 1.26 bits per heavy atom. The van der Waals surface area contributed by atoms with Crippen LogP contribution in [0.15, 0.2) is 12.2 Å².